The minimum Gasteiger partial charge on any atom is -0.349 e. The van der Waals surface area contributed by atoms with Crippen LogP contribution in [0, 0.1) is 6.92 Å². The maximum absolute atomic E-state index is 12.8. The number of benzene rings is 2. The third-order valence-corrected chi connectivity index (χ3v) is 5.62. The van der Waals surface area contributed by atoms with Gasteiger partial charge in [0.2, 0.25) is 0 Å². The standard InChI is InChI=1S/C23H23ClN4O2/c1-16-5-2-3-8-20(16)22(29)25-18-9-12-27(13-10-18)23(30)21-11-14-28(26-21)19-7-4-6-17(24)15-19/h2-8,11,14-15,18H,9-10,12-13H2,1H3,(H,25,29). The summed E-state index contributed by atoms with van der Waals surface area (Å²) in [4.78, 5) is 27.2. The first-order chi connectivity index (χ1) is 14.5. The van der Waals surface area contributed by atoms with Gasteiger partial charge in [0.1, 0.15) is 0 Å². The summed E-state index contributed by atoms with van der Waals surface area (Å²) in [6.07, 6.45) is 3.20. The van der Waals surface area contributed by atoms with Gasteiger partial charge in [-0.2, -0.15) is 5.10 Å². The number of halogens is 1. The van der Waals surface area contributed by atoms with Crippen molar-refractivity contribution in [3.05, 3.63) is 82.6 Å². The molecule has 0 spiro atoms. The summed E-state index contributed by atoms with van der Waals surface area (Å²) in [5.74, 6) is -0.155. The molecular weight excluding hydrogens is 400 g/mol. The fraction of sp³-hybridized carbons (Fsp3) is 0.261. The van der Waals surface area contributed by atoms with E-state index in [1.807, 2.05) is 43.3 Å². The predicted octanol–water partition coefficient (Wildman–Crippen LogP) is 3.87. The van der Waals surface area contributed by atoms with Gasteiger partial charge in [-0.3, -0.25) is 9.59 Å². The molecule has 7 heteroatoms. The topological polar surface area (TPSA) is 67.2 Å². The third-order valence-electron chi connectivity index (χ3n) is 5.39. The molecule has 1 aromatic heterocycles. The van der Waals surface area contributed by atoms with Crippen LogP contribution in [0.25, 0.3) is 5.69 Å². The molecule has 30 heavy (non-hydrogen) atoms. The highest BCUT2D eigenvalue weighted by Gasteiger charge is 2.26. The maximum Gasteiger partial charge on any atom is 0.274 e. The second-order valence-corrected chi connectivity index (χ2v) is 7.92. The Morgan fingerprint density at radius 1 is 1.07 bits per heavy atom. The molecule has 4 rings (SSSR count). The van der Waals surface area contributed by atoms with Crippen LogP contribution >= 0.6 is 11.6 Å². The number of likely N-dealkylation sites (tertiary alicyclic amines) is 1. The van der Waals surface area contributed by atoms with E-state index in [0.717, 1.165) is 24.1 Å². The van der Waals surface area contributed by atoms with Crippen molar-refractivity contribution in [2.45, 2.75) is 25.8 Å². The lowest BCUT2D eigenvalue weighted by Gasteiger charge is -2.32. The fourth-order valence-electron chi connectivity index (χ4n) is 3.68. The number of nitrogens with one attached hydrogen (secondary N) is 1. The largest absolute Gasteiger partial charge is 0.349 e. The number of carbonyl (C=O) groups excluding carboxylic acids is 2. The van der Waals surface area contributed by atoms with Crippen LogP contribution in [-0.2, 0) is 0 Å². The Bertz CT molecular complexity index is 1070. The van der Waals surface area contributed by atoms with Crippen LogP contribution in [0.4, 0.5) is 0 Å². The number of nitrogens with zero attached hydrogens (tertiary/aromatic N) is 3. The lowest BCUT2D eigenvalue weighted by Crippen LogP contribution is -2.46. The highest BCUT2D eigenvalue weighted by Crippen LogP contribution is 2.17. The normalized spacial score (nSPS) is 14.5. The first-order valence-corrected chi connectivity index (χ1v) is 10.4. The first-order valence-electron chi connectivity index (χ1n) is 9.98. The van der Waals surface area contributed by atoms with Crippen LogP contribution in [0.1, 0.15) is 39.3 Å². The average molecular weight is 423 g/mol. The Morgan fingerprint density at radius 2 is 1.83 bits per heavy atom. The predicted molar refractivity (Wildman–Crippen MR) is 116 cm³/mol. The van der Waals surface area contributed by atoms with Crippen molar-refractivity contribution in [2.75, 3.05) is 13.1 Å². The molecule has 1 aliphatic heterocycles. The van der Waals surface area contributed by atoms with Crippen molar-refractivity contribution in [3.8, 4) is 5.69 Å². The van der Waals surface area contributed by atoms with Crippen LogP contribution in [-0.4, -0.2) is 45.6 Å². The lowest BCUT2D eigenvalue weighted by atomic mass is 10.0. The minimum atomic E-state index is -0.0977. The Labute approximate surface area is 180 Å². The van der Waals surface area contributed by atoms with Crippen LogP contribution < -0.4 is 5.32 Å². The fourth-order valence-corrected chi connectivity index (χ4v) is 3.86. The highest BCUT2D eigenvalue weighted by molar-refractivity contribution is 6.30. The summed E-state index contributed by atoms with van der Waals surface area (Å²) in [7, 11) is 0. The number of rotatable bonds is 4. The van der Waals surface area contributed by atoms with Crippen molar-refractivity contribution in [3.63, 3.8) is 0 Å². The number of piperidine rings is 1. The van der Waals surface area contributed by atoms with E-state index in [2.05, 4.69) is 10.4 Å². The second kappa shape index (κ2) is 8.71. The van der Waals surface area contributed by atoms with Crippen molar-refractivity contribution in [1.29, 1.82) is 0 Å². The van der Waals surface area contributed by atoms with Crippen molar-refractivity contribution < 1.29 is 9.59 Å². The van der Waals surface area contributed by atoms with Crippen molar-refractivity contribution in [2.24, 2.45) is 0 Å². The molecule has 3 aromatic rings. The van der Waals surface area contributed by atoms with E-state index in [1.54, 1.807) is 34.0 Å². The minimum absolute atomic E-state index is 0.0573. The summed E-state index contributed by atoms with van der Waals surface area (Å²) in [6, 6.07) is 16.6. The number of carbonyl (C=O) groups is 2. The highest BCUT2D eigenvalue weighted by atomic mass is 35.5. The van der Waals surface area contributed by atoms with Gasteiger partial charge in [0.15, 0.2) is 5.69 Å². The van der Waals surface area contributed by atoms with Crippen molar-refractivity contribution >= 4 is 23.4 Å². The SMILES string of the molecule is Cc1ccccc1C(=O)NC1CCN(C(=O)c2ccn(-c3cccc(Cl)c3)n2)CC1. The molecule has 1 saturated heterocycles. The van der Waals surface area contributed by atoms with Crippen LogP contribution in [0.5, 0.6) is 0 Å². The number of hydrogen-bond acceptors (Lipinski definition) is 3. The first kappa shape index (κ1) is 20.2. The zero-order valence-corrected chi connectivity index (χ0v) is 17.5. The zero-order valence-electron chi connectivity index (χ0n) is 16.7. The van der Waals surface area contributed by atoms with E-state index in [1.165, 1.54) is 0 Å². The lowest BCUT2D eigenvalue weighted by molar-refractivity contribution is 0.0692. The average Bonchev–Trinajstić information content (AvgIpc) is 3.24. The monoisotopic (exact) mass is 422 g/mol. The second-order valence-electron chi connectivity index (χ2n) is 7.48. The molecule has 0 saturated carbocycles. The van der Waals surface area contributed by atoms with Gasteiger partial charge in [0, 0.05) is 35.9 Å². The Balaban J connectivity index is 1.35. The number of hydrogen-bond donors (Lipinski definition) is 1. The molecule has 1 N–H and O–H groups in total. The van der Waals surface area contributed by atoms with E-state index >= 15 is 0 Å². The molecule has 0 bridgehead atoms. The third kappa shape index (κ3) is 4.39. The van der Waals surface area contributed by atoms with E-state index < -0.39 is 0 Å². The van der Waals surface area contributed by atoms with E-state index in [9.17, 15) is 9.59 Å². The zero-order chi connectivity index (χ0) is 21.1. The van der Waals surface area contributed by atoms with Gasteiger partial charge in [-0.15, -0.1) is 0 Å². The van der Waals surface area contributed by atoms with Crippen molar-refractivity contribution in [1.82, 2.24) is 20.0 Å². The van der Waals surface area contributed by atoms with Crippen LogP contribution in [0.15, 0.2) is 60.8 Å². The number of aromatic nitrogens is 2. The van der Waals surface area contributed by atoms with Crippen LogP contribution in [0.2, 0.25) is 5.02 Å². The molecule has 2 heterocycles. The molecule has 0 atom stereocenters. The molecule has 0 unspecified atom stereocenters. The summed E-state index contributed by atoms with van der Waals surface area (Å²) in [5, 5.41) is 8.12. The molecule has 0 radical (unpaired) electrons. The quantitative estimate of drug-likeness (QED) is 0.694. The summed E-state index contributed by atoms with van der Waals surface area (Å²) >= 11 is 6.04. The van der Waals surface area contributed by atoms with E-state index in [0.29, 0.717) is 29.4 Å². The van der Waals surface area contributed by atoms with Gasteiger partial charge in [0.25, 0.3) is 11.8 Å². The van der Waals surface area contributed by atoms with Gasteiger partial charge in [-0.25, -0.2) is 4.68 Å². The van der Waals surface area contributed by atoms with Gasteiger partial charge < -0.3 is 10.2 Å². The molecule has 2 amide bonds. The van der Waals surface area contributed by atoms with Gasteiger partial charge in [0.05, 0.1) is 5.69 Å². The number of amides is 2. The molecule has 1 fully saturated rings. The molecule has 1 aliphatic rings. The van der Waals surface area contributed by atoms with Crippen LogP contribution in [0.3, 0.4) is 0 Å². The maximum atomic E-state index is 12.8. The Morgan fingerprint density at radius 3 is 2.57 bits per heavy atom. The smallest absolute Gasteiger partial charge is 0.274 e. The Hall–Kier alpha value is -3.12. The van der Waals surface area contributed by atoms with Gasteiger partial charge >= 0.3 is 0 Å². The molecular formula is C23H23ClN4O2. The molecule has 0 aliphatic carbocycles. The summed E-state index contributed by atoms with van der Waals surface area (Å²) in [5.41, 5.74) is 2.86. The molecule has 6 nitrogen and oxygen atoms in total. The van der Waals surface area contributed by atoms with Gasteiger partial charge in [-0.1, -0.05) is 35.9 Å². The Kier molecular flexibility index (Phi) is 5.86. The number of aryl methyl sites for hydroxylation is 1. The summed E-state index contributed by atoms with van der Waals surface area (Å²) < 4.78 is 1.65. The molecule has 154 valence electrons. The van der Waals surface area contributed by atoms with E-state index in [-0.39, 0.29) is 17.9 Å². The summed E-state index contributed by atoms with van der Waals surface area (Å²) in [6.45, 7) is 3.10. The van der Waals surface area contributed by atoms with E-state index in [4.69, 9.17) is 11.6 Å². The van der Waals surface area contributed by atoms with Gasteiger partial charge in [-0.05, 0) is 55.7 Å². The molecule has 2 aromatic carbocycles.